The predicted octanol–water partition coefficient (Wildman–Crippen LogP) is 3.64. The highest BCUT2D eigenvalue weighted by Gasteiger charge is 2.26. The number of hydrogen-bond acceptors (Lipinski definition) is 1. The molecule has 1 heterocycles. The molecule has 0 fully saturated rings. The van der Waals surface area contributed by atoms with E-state index in [0.29, 0.717) is 11.3 Å². The van der Waals surface area contributed by atoms with E-state index >= 15 is 0 Å². The number of imidazole rings is 1. The molecule has 0 atom stereocenters. The van der Waals surface area contributed by atoms with Gasteiger partial charge in [-0.15, -0.1) is 0 Å². The molecule has 1 rings (SSSR count). The van der Waals surface area contributed by atoms with E-state index in [-0.39, 0.29) is 13.3 Å². The van der Waals surface area contributed by atoms with E-state index in [1.165, 1.54) is 11.3 Å². The molecule has 0 saturated carbocycles. The fourth-order valence-corrected chi connectivity index (χ4v) is 4.88. The first-order chi connectivity index (χ1) is 7.64. The Morgan fingerprint density at radius 3 is 1.88 bits per heavy atom. The van der Waals surface area contributed by atoms with E-state index in [9.17, 15) is 0 Å². The summed E-state index contributed by atoms with van der Waals surface area (Å²) >= 11 is 0. The lowest BCUT2D eigenvalue weighted by Crippen LogP contribution is -2.23. The summed E-state index contributed by atoms with van der Waals surface area (Å²) in [5.41, 5.74) is 4.04. The maximum Gasteiger partial charge on any atom is 0.131 e. The Labute approximate surface area is 108 Å². The first-order valence-corrected chi connectivity index (χ1v) is 7.94. The van der Waals surface area contributed by atoms with Gasteiger partial charge in [-0.1, -0.05) is 48.5 Å². The van der Waals surface area contributed by atoms with Crippen LogP contribution < -0.4 is 5.57 Å². The molecule has 17 heavy (non-hydrogen) atoms. The van der Waals surface area contributed by atoms with E-state index in [0.717, 1.165) is 0 Å². The molecule has 0 aliphatic rings. The van der Waals surface area contributed by atoms with Gasteiger partial charge in [-0.2, -0.15) is 0 Å². The van der Waals surface area contributed by atoms with Crippen LogP contribution in [0.1, 0.15) is 54.2 Å². The van der Waals surface area contributed by atoms with Crippen molar-refractivity contribution in [2.75, 3.05) is 0 Å². The highest BCUT2D eigenvalue weighted by molar-refractivity contribution is 7.66. The Bertz CT molecular complexity index is 364. The molecule has 0 aromatic carbocycles. The molecule has 98 valence electrons. The van der Waals surface area contributed by atoms with Crippen LogP contribution in [-0.4, -0.2) is 20.9 Å². The van der Waals surface area contributed by atoms with E-state index < -0.39 is 0 Å². The molecule has 0 spiro atoms. The van der Waals surface area contributed by atoms with Gasteiger partial charge in [-0.25, -0.2) is 4.98 Å². The summed E-state index contributed by atoms with van der Waals surface area (Å²) in [5.74, 6) is 0. The van der Waals surface area contributed by atoms with E-state index in [4.69, 9.17) is 4.98 Å². The SMILES string of the molecule is CC(C)P(c1nc(C(C)(C)C)cn1C)C(C)C. The van der Waals surface area contributed by atoms with Gasteiger partial charge in [0.05, 0.1) is 5.69 Å². The molecule has 0 aliphatic heterocycles. The largest absolute Gasteiger partial charge is 0.334 e. The van der Waals surface area contributed by atoms with Gasteiger partial charge in [0.2, 0.25) is 0 Å². The fourth-order valence-electron chi connectivity index (χ4n) is 2.12. The first-order valence-electron chi connectivity index (χ1n) is 6.46. The van der Waals surface area contributed by atoms with Gasteiger partial charge in [0.15, 0.2) is 0 Å². The summed E-state index contributed by atoms with van der Waals surface area (Å²) in [7, 11) is 1.97. The van der Waals surface area contributed by atoms with Crippen molar-refractivity contribution in [2.24, 2.45) is 7.05 Å². The topological polar surface area (TPSA) is 17.8 Å². The molecular weight excluding hydrogens is 227 g/mol. The average molecular weight is 254 g/mol. The van der Waals surface area contributed by atoms with Crippen molar-refractivity contribution in [1.29, 1.82) is 0 Å². The summed E-state index contributed by atoms with van der Waals surface area (Å²) in [6.07, 6.45) is 2.20. The smallest absolute Gasteiger partial charge is 0.131 e. The molecule has 2 nitrogen and oxygen atoms in total. The van der Waals surface area contributed by atoms with Crippen LogP contribution in [0.3, 0.4) is 0 Å². The average Bonchev–Trinajstić information content (AvgIpc) is 2.46. The van der Waals surface area contributed by atoms with E-state index in [2.05, 4.69) is 66.3 Å². The van der Waals surface area contributed by atoms with Crippen molar-refractivity contribution in [2.45, 2.75) is 65.2 Å². The van der Waals surface area contributed by atoms with Crippen molar-refractivity contribution in [3.05, 3.63) is 11.9 Å². The summed E-state index contributed by atoms with van der Waals surface area (Å²) in [6.45, 7) is 16.0. The van der Waals surface area contributed by atoms with Gasteiger partial charge in [0, 0.05) is 18.7 Å². The highest BCUT2D eigenvalue weighted by Crippen LogP contribution is 2.44. The van der Waals surface area contributed by atoms with Gasteiger partial charge < -0.3 is 4.57 Å². The predicted molar refractivity (Wildman–Crippen MR) is 78.7 cm³/mol. The van der Waals surface area contributed by atoms with Gasteiger partial charge in [0.25, 0.3) is 0 Å². The summed E-state index contributed by atoms with van der Waals surface area (Å²) in [4.78, 5) is 4.92. The standard InChI is InChI=1S/C14H27N2P/c1-10(2)17(11(3)4)13-15-12(9-16(13)8)14(5,6)7/h9-11H,1-8H3. The normalized spacial score (nSPS) is 13.1. The molecule has 0 N–H and O–H groups in total. The van der Waals surface area contributed by atoms with Crippen LogP contribution in [0.4, 0.5) is 0 Å². The third-order valence-electron chi connectivity index (χ3n) is 2.96. The lowest BCUT2D eigenvalue weighted by atomic mass is 9.93. The number of nitrogens with zero attached hydrogens (tertiary/aromatic N) is 2. The maximum atomic E-state index is 4.92. The van der Waals surface area contributed by atoms with Crippen molar-refractivity contribution < 1.29 is 0 Å². The van der Waals surface area contributed by atoms with Crippen molar-refractivity contribution in [1.82, 2.24) is 9.55 Å². The van der Waals surface area contributed by atoms with Crippen molar-refractivity contribution >= 4 is 13.5 Å². The van der Waals surface area contributed by atoms with E-state index in [1.54, 1.807) is 0 Å². The minimum atomic E-state index is -0.169. The molecule has 0 bridgehead atoms. The maximum absolute atomic E-state index is 4.92. The van der Waals surface area contributed by atoms with Crippen LogP contribution in [0.5, 0.6) is 0 Å². The number of aryl methyl sites for hydroxylation is 1. The lowest BCUT2D eigenvalue weighted by molar-refractivity contribution is 0.572. The van der Waals surface area contributed by atoms with Crippen molar-refractivity contribution in [3.8, 4) is 0 Å². The minimum Gasteiger partial charge on any atom is -0.334 e. The Morgan fingerprint density at radius 1 is 1.12 bits per heavy atom. The van der Waals surface area contributed by atoms with Crippen LogP contribution in [0.25, 0.3) is 0 Å². The lowest BCUT2D eigenvalue weighted by Gasteiger charge is -2.24. The highest BCUT2D eigenvalue weighted by atomic mass is 31.1. The molecule has 0 aliphatic carbocycles. The van der Waals surface area contributed by atoms with Gasteiger partial charge in [-0.05, 0) is 19.2 Å². The zero-order valence-electron chi connectivity index (χ0n) is 12.6. The molecule has 0 amide bonds. The zero-order valence-corrected chi connectivity index (χ0v) is 13.5. The Balaban J connectivity index is 3.17. The molecule has 1 aromatic rings. The van der Waals surface area contributed by atoms with Crippen LogP contribution in [0.2, 0.25) is 0 Å². The summed E-state index contributed by atoms with van der Waals surface area (Å²) in [6, 6.07) is 0. The van der Waals surface area contributed by atoms with E-state index in [1.807, 2.05) is 0 Å². The second kappa shape index (κ2) is 5.10. The van der Waals surface area contributed by atoms with Crippen LogP contribution in [-0.2, 0) is 12.5 Å². The molecule has 0 radical (unpaired) electrons. The quantitative estimate of drug-likeness (QED) is 0.753. The second-order valence-corrected chi connectivity index (χ2v) is 9.66. The Kier molecular flexibility index (Phi) is 4.41. The van der Waals surface area contributed by atoms with Gasteiger partial charge in [0.1, 0.15) is 5.57 Å². The molecule has 3 heteroatoms. The Morgan fingerprint density at radius 2 is 1.59 bits per heavy atom. The molecule has 0 unspecified atom stereocenters. The zero-order chi connectivity index (χ0) is 13.4. The Hall–Kier alpha value is -0.360. The fraction of sp³-hybridized carbons (Fsp3) is 0.786. The number of aromatic nitrogens is 2. The van der Waals surface area contributed by atoms with Crippen molar-refractivity contribution in [3.63, 3.8) is 0 Å². The summed E-state index contributed by atoms with van der Waals surface area (Å²) in [5, 5.41) is 0. The third-order valence-corrected chi connectivity index (χ3v) is 6.07. The molecular formula is C14H27N2P. The van der Waals surface area contributed by atoms with Gasteiger partial charge >= 0.3 is 0 Å². The van der Waals surface area contributed by atoms with Gasteiger partial charge in [-0.3, -0.25) is 0 Å². The minimum absolute atomic E-state index is 0.144. The van der Waals surface area contributed by atoms with Crippen LogP contribution >= 0.6 is 7.92 Å². The van der Waals surface area contributed by atoms with Crippen LogP contribution in [0, 0.1) is 0 Å². The second-order valence-electron chi connectivity index (χ2n) is 6.38. The molecule has 1 aromatic heterocycles. The monoisotopic (exact) mass is 254 g/mol. The summed E-state index contributed by atoms with van der Waals surface area (Å²) < 4.78 is 2.24. The number of hydrogen-bond donors (Lipinski definition) is 0. The van der Waals surface area contributed by atoms with Crippen LogP contribution in [0.15, 0.2) is 6.20 Å². The number of rotatable bonds is 3. The molecule has 0 saturated heterocycles. The third kappa shape index (κ3) is 3.31. The first kappa shape index (κ1) is 14.7.